The fourth-order valence-corrected chi connectivity index (χ4v) is 2.30. The van der Waals surface area contributed by atoms with E-state index in [0.717, 1.165) is 0 Å². The van der Waals surface area contributed by atoms with E-state index in [0.29, 0.717) is 6.61 Å². The molecule has 0 spiro atoms. The molecule has 2 aliphatic rings. The molecule has 5 atom stereocenters. The maximum Gasteiger partial charge on any atom is 0.190 e. The van der Waals surface area contributed by atoms with Crippen LogP contribution in [0.2, 0.25) is 0 Å². The van der Waals surface area contributed by atoms with E-state index in [4.69, 9.17) is 18.9 Å². The first-order valence-corrected chi connectivity index (χ1v) is 5.59. The number of ether oxygens (including phenoxy) is 4. The summed E-state index contributed by atoms with van der Waals surface area (Å²) in [6.45, 7) is 5.88. The molecular weight excluding hydrogens is 215 g/mol. The highest BCUT2D eigenvalue weighted by Crippen LogP contribution is 2.40. The molecule has 4 nitrogen and oxygen atoms in total. The molecule has 0 aliphatic carbocycles. The van der Waals surface area contributed by atoms with Crippen LogP contribution in [0, 0.1) is 5.92 Å². The van der Waals surface area contributed by atoms with E-state index in [9.17, 15) is 4.39 Å². The first kappa shape index (κ1) is 12.2. The number of rotatable bonds is 3. The van der Waals surface area contributed by atoms with Gasteiger partial charge in [-0.05, 0) is 13.8 Å². The summed E-state index contributed by atoms with van der Waals surface area (Å²) >= 11 is 0. The van der Waals surface area contributed by atoms with Crippen LogP contribution in [-0.4, -0.2) is 44.2 Å². The Labute approximate surface area is 95.0 Å². The van der Waals surface area contributed by atoms with Gasteiger partial charge in [-0.25, -0.2) is 4.39 Å². The molecule has 2 saturated heterocycles. The van der Waals surface area contributed by atoms with Gasteiger partial charge in [-0.15, -0.1) is 0 Å². The number of fused-ring (bicyclic) bond motifs is 1. The second kappa shape index (κ2) is 4.22. The lowest BCUT2D eigenvalue weighted by Crippen LogP contribution is -2.36. The average molecular weight is 234 g/mol. The second-order valence-electron chi connectivity index (χ2n) is 4.95. The zero-order chi connectivity index (χ0) is 11.9. The van der Waals surface area contributed by atoms with Gasteiger partial charge in [-0.2, -0.15) is 0 Å². The lowest BCUT2D eigenvalue weighted by Gasteiger charge is -2.25. The molecule has 0 saturated carbocycles. The lowest BCUT2D eigenvalue weighted by molar-refractivity contribution is -0.217. The fourth-order valence-electron chi connectivity index (χ4n) is 2.30. The van der Waals surface area contributed by atoms with E-state index >= 15 is 0 Å². The van der Waals surface area contributed by atoms with Gasteiger partial charge in [0.25, 0.3) is 0 Å². The lowest BCUT2D eigenvalue weighted by atomic mass is 10.0. The second-order valence-corrected chi connectivity index (χ2v) is 4.95. The Balaban J connectivity index is 1.99. The molecule has 5 unspecified atom stereocenters. The average Bonchev–Trinajstić information content (AvgIpc) is 2.62. The van der Waals surface area contributed by atoms with Gasteiger partial charge in [0, 0.05) is 13.0 Å². The molecule has 0 bridgehead atoms. The third-order valence-corrected chi connectivity index (χ3v) is 3.00. The third-order valence-electron chi connectivity index (χ3n) is 3.00. The van der Waals surface area contributed by atoms with Crippen molar-refractivity contribution in [1.29, 1.82) is 0 Å². The van der Waals surface area contributed by atoms with Crippen LogP contribution in [0.15, 0.2) is 0 Å². The quantitative estimate of drug-likeness (QED) is 0.741. The van der Waals surface area contributed by atoms with Crippen molar-refractivity contribution in [2.45, 2.75) is 51.2 Å². The predicted molar refractivity (Wildman–Crippen MR) is 54.6 cm³/mol. The molecule has 16 heavy (non-hydrogen) atoms. The van der Waals surface area contributed by atoms with Crippen LogP contribution in [-0.2, 0) is 18.9 Å². The van der Waals surface area contributed by atoms with Gasteiger partial charge in [0.2, 0.25) is 0 Å². The van der Waals surface area contributed by atoms with E-state index in [2.05, 4.69) is 0 Å². The summed E-state index contributed by atoms with van der Waals surface area (Å²) in [4.78, 5) is 0. The number of hydrogen-bond acceptors (Lipinski definition) is 4. The molecule has 5 heteroatoms. The van der Waals surface area contributed by atoms with Gasteiger partial charge < -0.3 is 18.9 Å². The van der Waals surface area contributed by atoms with E-state index in [1.165, 1.54) is 0 Å². The maximum atomic E-state index is 14.1. The van der Waals surface area contributed by atoms with Crippen LogP contribution in [0.1, 0.15) is 20.8 Å². The maximum absolute atomic E-state index is 14.1. The van der Waals surface area contributed by atoms with Crippen LogP contribution in [0.3, 0.4) is 0 Å². The SMILES string of the molecule is COCC(C)C1OC2OC(C)(C)OC2C1F. The summed E-state index contributed by atoms with van der Waals surface area (Å²) in [5, 5.41) is 0. The van der Waals surface area contributed by atoms with E-state index in [1.807, 2.05) is 6.92 Å². The molecule has 94 valence electrons. The molecule has 0 amide bonds. The Hall–Kier alpha value is -0.230. The molecule has 0 N–H and O–H groups in total. The highest BCUT2D eigenvalue weighted by atomic mass is 19.1. The molecule has 0 aromatic carbocycles. The summed E-state index contributed by atoms with van der Waals surface area (Å²) in [6, 6.07) is 0. The summed E-state index contributed by atoms with van der Waals surface area (Å²) in [5.41, 5.74) is 0. The minimum Gasteiger partial charge on any atom is -0.384 e. The summed E-state index contributed by atoms with van der Waals surface area (Å²) in [7, 11) is 1.59. The van der Waals surface area contributed by atoms with Gasteiger partial charge in [0.15, 0.2) is 18.2 Å². The van der Waals surface area contributed by atoms with Crippen molar-refractivity contribution in [3.8, 4) is 0 Å². The van der Waals surface area contributed by atoms with Crippen LogP contribution < -0.4 is 0 Å². The van der Waals surface area contributed by atoms with Gasteiger partial charge in [0.1, 0.15) is 6.10 Å². The van der Waals surface area contributed by atoms with E-state index < -0.39 is 30.5 Å². The van der Waals surface area contributed by atoms with Crippen molar-refractivity contribution in [1.82, 2.24) is 0 Å². The Kier molecular flexibility index (Phi) is 3.22. The van der Waals surface area contributed by atoms with Crippen LogP contribution in [0.5, 0.6) is 0 Å². The topological polar surface area (TPSA) is 36.9 Å². The molecule has 0 radical (unpaired) electrons. The highest BCUT2D eigenvalue weighted by molar-refractivity contribution is 4.94. The minimum absolute atomic E-state index is 0.0130. The molecule has 2 aliphatic heterocycles. The normalized spacial score (nSPS) is 43.3. The highest BCUT2D eigenvalue weighted by Gasteiger charge is 2.56. The van der Waals surface area contributed by atoms with Crippen LogP contribution >= 0.6 is 0 Å². The van der Waals surface area contributed by atoms with Crippen molar-refractivity contribution < 1.29 is 23.3 Å². The van der Waals surface area contributed by atoms with Crippen LogP contribution in [0.4, 0.5) is 4.39 Å². The summed E-state index contributed by atoms with van der Waals surface area (Å²) in [5.74, 6) is -0.768. The number of halogens is 1. The Morgan fingerprint density at radius 3 is 2.62 bits per heavy atom. The van der Waals surface area contributed by atoms with E-state index in [1.54, 1.807) is 21.0 Å². The molecular formula is C11H19FO4. The summed E-state index contributed by atoms with van der Waals surface area (Å²) in [6.07, 6.45) is -2.86. The monoisotopic (exact) mass is 234 g/mol. The minimum atomic E-state index is -1.16. The molecule has 2 fully saturated rings. The van der Waals surface area contributed by atoms with Crippen molar-refractivity contribution in [2.75, 3.05) is 13.7 Å². The van der Waals surface area contributed by atoms with Gasteiger partial charge in [-0.1, -0.05) is 6.92 Å². The summed E-state index contributed by atoms with van der Waals surface area (Å²) < 4.78 is 35.6. The Bertz CT molecular complexity index is 258. The first-order valence-electron chi connectivity index (χ1n) is 5.59. The predicted octanol–water partition coefficient (Wildman–Crippen LogP) is 1.48. The molecule has 0 aromatic heterocycles. The molecule has 2 heterocycles. The van der Waals surface area contributed by atoms with Gasteiger partial charge >= 0.3 is 0 Å². The fraction of sp³-hybridized carbons (Fsp3) is 1.00. The smallest absolute Gasteiger partial charge is 0.190 e. The van der Waals surface area contributed by atoms with Crippen LogP contribution in [0.25, 0.3) is 0 Å². The van der Waals surface area contributed by atoms with Crippen molar-refractivity contribution >= 4 is 0 Å². The van der Waals surface area contributed by atoms with Gasteiger partial charge in [-0.3, -0.25) is 0 Å². The van der Waals surface area contributed by atoms with Crippen molar-refractivity contribution in [3.63, 3.8) is 0 Å². The van der Waals surface area contributed by atoms with Gasteiger partial charge in [0.05, 0.1) is 12.7 Å². The molecule has 0 aromatic rings. The first-order chi connectivity index (χ1) is 7.44. The third kappa shape index (κ3) is 2.09. The Morgan fingerprint density at radius 1 is 1.38 bits per heavy atom. The number of hydrogen-bond donors (Lipinski definition) is 0. The zero-order valence-corrected chi connectivity index (χ0v) is 10.1. The zero-order valence-electron chi connectivity index (χ0n) is 10.1. The standard InChI is InChI=1S/C11H19FO4/c1-6(5-13-4)8-7(12)9-10(14-8)16-11(2,3)15-9/h6-10H,5H2,1-4H3. The van der Waals surface area contributed by atoms with Crippen molar-refractivity contribution in [3.05, 3.63) is 0 Å². The number of methoxy groups -OCH3 is 1. The molecule has 2 rings (SSSR count). The van der Waals surface area contributed by atoms with E-state index in [-0.39, 0.29) is 5.92 Å². The Morgan fingerprint density at radius 2 is 2.06 bits per heavy atom. The number of alkyl halides is 1. The van der Waals surface area contributed by atoms with Crippen molar-refractivity contribution in [2.24, 2.45) is 5.92 Å². The largest absolute Gasteiger partial charge is 0.384 e.